The number of carbonyl (C=O) groups excluding carboxylic acids is 2. The molecule has 1 unspecified atom stereocenters. The highest BCUT2D eigenvalue weighted by molar-refractivity contribution is 6.42. The molecule has 6 nitrogen and oxygen atoms in total. The van der Waals surface area contributed by atoms with Crippen molar-refractivity contribution in [1.29, 1.82) is 0 Å². The first kappa shape index (κ1) is 18.5. The highest BCUT2D eigenvalue weighted by atomic mass is 35.5. The van der Waals surface area contributed by atoms with Gasteiger partial charge < -0.3 is 15.3 Å². The minimum atomic E-state index is -1.12. The lowest BCUT2D eigenvalue weighted by molar-refractivity contribution is -0.144. The lowest BCUT2D eigenvalue weighted by Crippen LogP contribution is -2.48. The van der Waals surface area contributed by atoms with Crippen molar-refractivity contribution in [1.82, 2.24) is 5.32 Å². The number of rotatable bonds is 5. The van der Waals surface area contributed by atoms with Crippen LogP contribution < -0.4 is 10.2 Å². The minimum absolute atomic E-state index is 0.283. The van der Waals surface area contributed by atoms with Crippen molar-refractivity contribution < 1.29 is 19.5 Å². The summed E-state index contributed by atoms with van der Waals surface area (Å²) in [5, 5.41) is 12.3. The fourth-order valence-corrected chi connectivity index (χ4v) is 2.89. The second-order valence-corrected chi connectivity index (χ2v) is 6.81. The van der Waals surface area contributed by atoms with Gasteiger partial charge >= 0.3 is 5.97 Å². The normalized spacial score (nSPS) is 18.8. The molecule has 8 heteroatoms. The topological polar surface area (TPSA) is 86.7 Å². The van der Waals surface area contributed by atoms with Crippen molar-refractivity contribution in [3.05, 3.63) is 28.2 Å². The molecular weight excluding hydrogens is 355 g/mol. The number of hydrogen-bond donors (Lipinski definition) is 2. The second kappa shape index (κ2) is 7.40. The third-order valence-electron chi connectivity index (χ3n) is 3.97. The van der Waals surface area contributed by atoms with Crippen LogP contribution in [0.2, 0.25) is 10.0 Å². The molecule has 2 N–H and O–H groups in total. The van der Waals surface area contributed by atoms with Crippen LogP contribution in [0.3, 0.4) is 0 Å². The molecular formula is C16H18Cl2N2O4. The Morgan fingerprint density at radius 2 is 1.96 bits per heavy atom. The lowest BCUT2D eigenvalue weighted by Gasteiger charge is -2.20. The Balaban J connectivity index is 2.11. The molecule has 1 fully saturated rings. The van der Waals surface area contributed by atoms with E-state index >= 15 is 0 Å². The summed E-state index contributed by atoms with van der Waals surface area (Å²) in [5.74, 6) is -3.25. The fourth-order valence-electron chi connectivity index (χ4n) is 2.60. The first-order valence-corrected chi connectivity index (χ1v) is 8.27. The molecule has 1 saturated heterocycles. The van der Waals surface area contributed by atoms with Gasteiger partial charge in [-0.05, 0) is 30.5 Å². The van der Waals surface area contributed by atoms with Crippen molar-refractivity contribution in [2.75, 3.05) is 11.4 Å². The Labute approximate surface area is 149 Å². The number of benzene rings is 1. The SMILES string of the molecule is CC(C)[C@@H](NC(=O)C1CCN(c2ccc(Cl)c(Cl)c2)C1=O)C(=O)O. The molecule has 2 rings (SSSR count). The lowest BCUT2D eigenvalue weighted by atomic mass is 10.0. The summed E-state index contributed by atoms with van der Waals surface area (Å²) >= 11 is 11.8. The molecule has 1 aromatic rings. The molecule has 2 amide bonds. The number of carbonyl (C=O) groups is 3. The van der Waals surface area contributed by atoms with Gasteiger partial charge in [0.25, 0.3) is 0 Å². The van der Waals surface area contributed by atoms with E-state index in [0.717, 1.165) is 0 Å². The van der Waals surface area contributed by atoms with Crippen LogP contribution in [0.1, 0.15) is 20.3 Å². The van der Waals surface area contributed by atoms with E-state index in [4.69, 9.17) is 28.3 Å². The molecule has 0 aromatic heterocycles. The quantitative estimate of drug-likeness (QED) is 0.777. The van der Waals surface area contributed by atoms with Gasteiger partial charge in [-0.25, -0.2) is 4.79 Å². The van der Waals surface area contributed by atoms with Crippen LogP contribution in [0, 0.1) is 11.8 Å². The molecule has 1 heterocycles. The van der Waals surface area contributed by atoms with Gasteiger partial charge in [-0.1, -0.05) is 37.0 Å². The highest BCUT2D eigenvalue weighted by Crippen LogP contribution is 2.31. The number of carboxylic acids is 1. The molecule has 1 aromatic carbocycles. The maximum absolute atomic E-state index is 12.5. The van der Waals surface area contributed by atoms with Crippen LogP contribution in [0.5, 0.6) is 0 Å². The van der Waals surface area contributed by atoms with Crippen LogP contribution >= 0.6 is 23.2 Å². The first-order valence-electron chi connectivity index (χ1n) is 7.52. The number of nitrogens with one attached hydrogen (secondary N) is 1. The number of anilines is 1. The van der Waals surface area contributed by atoms with E-state index in [-0.39, 0.29) is 11.8 Å². The summed E-state index contributed by atoms with van der Waals surface area (Å²) in [6.07, 6.45) is 0.315. The molecule has 0 aliphatic carbocycles. The first-order chi connectivity index (χ1) is 11.2. The Bertz CT molecular complexity index is 678. The minimum Gasteiger partial charge on any atom is -0.480 e. The van der Waals surface area contributed by atoms with Gasteiger partial charge in [-0.3, -0.25) is 9.59 Å². The average molecular weight is 373 g/mol. The van der Waals surface area contributed by atoms with Crippen molar-refractivity contribution in [2.24, 2.45) is 11.8 Å². The summed E-state index contributed by atoms with van der Waals surface area (Å²) in [7, 11) is 0. The number of nitrogens with zero attached hydrogens (tertiary/aromatic N) is 1. The molecule has 1 aliphatic rings. The zero-order valence-corrected chi connectivity index (χ0v) is 14.8. The molecule has 0 spiro atoms. The maximum Gasteiger partial charge on any atom is 0.326 e. The predicted molar refractivity (Wildman–Crippen MR) is 91.3 cm³/mol. The zero-order chi connectivity index (χ0) is 18.0. The van der Waals surface area contributed by atoms with Gasteiger partial charge in [0.1, 0.15) is 12.0 Å². The Morgan fingerprint density at radius 3 is 2.50 bits per heavy atom. The van der Waals surface area contributed by atoms with Gasteiger partial charge in [0, 0.05) is 12.2 Å². The molecule has 2 atom stereocenters. The summed E-state index contributed by atoms with van der Waals surface area (Å²) in [5.41, 5.74) is 0.559. The second-order valence-electron chi connectivity index (χ2n) is 6.00. The monoisotopic (exact) mass is 372 g/mol. The third-order valence-corrected chi connectivity index (χ3v) is 4.71. The van der Waals surface area contributed by atoms with Crippen LogP contribution in [-0.4, -0.2) is 35.5 Å². The standard InChI is InChI=1S/C16H18Cl2N2O4/c1-8(2)13(16(23)24)19-14(21)10-5-6-20(15(10)22)9-3-4-11(17)12(18)7-9/h3-4,7-8,10,13H,5-6H2,1-2H3,(H,19,21)(H,23,24)/t10?,13-/m1/s1. The van der Waals surface area contributed by atoms with Crippen molar-refractivity contribution >= 4 is 46.7 Å². The molecule has 0 saturated carbocycles. The third kappa shape index (κ3) is 3.82. The van der Waals surface area contributed by atoms with Crippen LogP contribution in [0.4, 0.5) is 5.69 Å². The summed E-state index contributed by atoms with van der Waals surface area (Å²) in [6, 6.07) is 3.78. The zero-order valence-electron chi connectivity index (χ0n) is 13.3. The summed E-state index contributed by atoms with van der Waals surface area (Å²) in [4.78, 5) is 37.5. The van der Waals surface area contributed by atoms with Crippen LogP contribution in [-0.2, 0) is 14.4 Å². The Kier molecular flexibility index (Phi) is 5.72. The number of hydrogen-bond acceptors (Lipinski definition) is 3. The van der Waals surface area contributed by atoms with E-state index < -0.39 is 23.8 Å². The maximum atomic E-state index is 12.5. The number of aliphatic carboxylic acids is 1. The van der Waals surface area contributed by atoms with E-state index in [1.54, 1.807) is 32.0 Å². The molecule has 24 heavy (non-hydrogen) atoms. The fraction of sp³-hybridized carbons (Fsp3) is 0.438. The Hall–Kier alpha value is -1.79. The summed E-state index contributed by atoms with van der Waals surface area (Å²) in [6.45, 7) is 3.74. The van der Waals surface area contributed by atoms with E-state index in [2.05, 4.69) is 5.32 Å². The number of amides is 2. The van der Waals surface area contributed by atoms with E-state index in [9.17, 15) is 14.4 Å². The van der Waals surface area contributed by atoms with Gasteiger partial charge in [0.2, 0.25) is 11.8 Å². The highest BCUT2D eigenvalue weighted by Gasteiger charge is 2.39. The smallest absolute Gasteiger partial charge is 0.326 e. The van der Waals surface area contributed by atoms with Gasteiger partial charge in [0.15, 0.2) is 0 Å². The van der Waals surface area contributed by atoms with Crippen molar-refractivity contribution in [3.63, 3.8) is 0 Å². The van der Waals surface area contributed by atoms with Gasteiger partial charge in [-0.15, -0.1) is 0 Å². The van der Waals surface area contributed by atoms with Crippen molar-refractivity contribution in [2.45, 2.75) is 26.3 Å². The van der Waals surface area contributed by atoms with Gasteiger partial charge in [-0.2, -0.15) is 0 Å². The Morgan fingerprint density at radius 1 is 1.29 bits per heavy atom. The summed E-state index contributed by atoms with van der Waals surface area (Å²) < 4.78 is 0. The van der Waals surface area contributed by atoms with E-state index in [1.165, 1.54) is 4.90 Å². The number of halogens is 2. The molecule has 130 valence electrons. The van der Waals surface area contributed by atoms with E-state index in [0.29, 0.717) is 28.7 Å². The number of carboxylic acid groups (broad SMARTS) is 1. The van der Waals surface area contributed by atoms with Gasteiger partial charge in [0.05, 0.1) is 10.0 Å². The van der Waals surface area contributed by atoms with Crippen LogP contribution in [0.15, 0.2) is 18.2 Å². The molecule has 0 radical (unpaired) electrons. The van der Waals surface area contributed by atoms with E-state index in [1.807, 2.05) is 0 Å². The van der Waals surface area contributed by atoms with Crippen LogP contribution in [0.25, 0.3) is 0 Å². The predicted octanol–water partition coefficient (Wildman–Crippen LogP) is 2.57. The molecule has 1 aliphatic heterocycles. The van der Waals surface area contributed by atoms with Crippen molar-refractivity contribution in [3.8, 4) is 0 Å². The largest absolute Gasteiger partial charge is 0.480 e. The average Bonchev–Trinajstić information content (AvgIpc) is 2.88. The molecule has 0 bridgehead atoms.